The summed E-state index contributed by atoms with van der Waals surface area (Å²) in [6.45, 7) is 0.0198. The molecule has 0 aromatic heterocycles. The lowest BCUT2D eigenvalue weighted by Gasteiger charge is -2.14. The first kappa shape index (κ1) is 26.1. The summed E-state index contributed by atoms with van der Waals surface area (Å²) in [5.74, 6) is 0.349. The van der Waals surface area contributed by atoms with Crippen molar-refractivity contribution in [1.29, 1.82) is 0 Å². The molecule has 0 spiro atoms. The molecular weight excluding hydrogens is 516 g/mol. The van der Waals surface area contributed by atoms with Crippen molar-refractivity contribution in [3.05, 3.63) is 88.3 Å². The van der Waals surface area contributed by atoms with Crippen LogP contribution >= 0.6 is 23.4 Å². The maximum Gasteiger partial charge on any atom is 0.293 e. The van der Waals surface area contributed by atoms with Gasteiger partial charge in [-0.05, 0) is 59.8 Å². The van der Waals surface area contributed by atoms with Crippen molar-refractivity contribution in [2.24, 2.45) is 0 Å². The number of nitrogens with one attached hydrogen (secondary N) is 1. The van der Waals surface area contributed by atoms with E-state index < -0.39 is 5.91 Å². The predicted molar refractivity (Wildman–Crippen MR) is 143 cm³/mol. The average molecular weight is 539 g/mol. The highest BCUT2D eigenvalue weighted by Gasteiger charge is 2.35. The van der Waals surface area contributed by atoms with Crippen LogP contribution in [0.25, 0.3) is 6.08 Å². The van der Waals surface area contributed by atoms with Gasteiger partial charge in [0.15, 0.2) is 18.1 Å². The number of methoxy groups -OCH3 is 1. The van der Waals surface area contributed by atoms with Gasteiger partial charge in [0, 0.05) is 5.69 Å². The molecule has 3 aromatic rings. The standard InChI is InChI=1S/C27H23ClN2O6S/c1-34-22-15-18(14-21(28)25(22)36-17-24(31)29-19-8-4-2-5-9-19)16-23-26(32)30(27(33)37-23)12-13-35-20-10-6-3-7-11-20/h2-11,14-16H,12-13,17H2,1H3,(H,29,31)/b23-16-. The number of carbonyl (C=O) groups is 3. The summed E-state index contributed by atoms with van der Waals surface area (Å²) in [5.41, 5.74) is 1.18. The number of rotatable bonds is 10. The van der Waals surface area contributed by atoms with Crippen LogP contribution in [0.2, 0.25) is 5.02 Å². The van der Waals surface area contributed by atoms with Crippen LogP contribution in [0.1, 0.15) is 5.56 Å². The van der Waals surface area contributed by atoms with Gasteiger partial charge in [-0.2, -0.15) is 0 Å². The second-order valence-electron chi connectivity index (χ2n) is 7.73. The molecule has 1 N–H and O–H groups in total. The van der Waals surface area contributed by atoms with Gasteiger partial charge in [-0.1, -0.05) is 48.0 Å². The Morgan fingerprint density at radius 3 is 2.43 bits per heavy atom. The fourth-order valence-corrected chi connectivity index (χ4v) is 4.57. The molecule has 8 nitrogen and oxygen atoms in total. The number of imide groups is 1. The Morgan fingerprint density at radius 2 is 1.73 bits per heavy atom. The normalized spacial score (nSPS) is 14.1. The molecule has 1 saturated heterocycles. The molecule has 3 aromatic carbocycles. The number of benzene rings is 3. The molecule has 0 unspecified atom stereocenters. The van der Waals surface area contributed by atoms with E-state index in [9.17, 15) is 14.4 Å². The first-order chi connectivity index (χ1) is 17.9. The number of anilines is 1. The summed E-state index contributed by atoms with van der Waals surface area (Å²) >= 11 is 7.25. The fraction of sp³-hybridized carbons (Fsp3) is 0.148. The summed E-state index contributed by atoms with van der Waals surface area (Å²) in [4.78, 5) is 38.9. The Bertz CT molecular complexity index is 1320. The lowest BCUT2D eigenvalue weighted by molar-refractivity contribution is -0.123. The van der Waals surface area contributed by atoms with Gasteiger partial charge in [0.1, 0.15) is 12.4 Å². The van der Waals surface area contributed by atoms with E-state index in [-0.39, 0.29) is 52.3 Å². The first-order valence-corrected chi connectivity index (χ1v) is 12.4. The van der Waals surface area contributed by atoms with Crippen molar-refractivity contribution in [3.8, 4) is 17.2 Å². The average Bonchev–Trinajstić information content (AvgIpc) is 3.16. The third-order valence-electron chi connectivity index (χ3n) is 5.16. The van der Waals surface area contributed by atoms with Gasteiger partial charge >= 0.3 is 0 Å². The lowest BCUT2D eigenvalue weighted by atomic mass is 10.1. The molecule has 4 rings (SSSR count). The molecule has 0 saturated carbocycles. The van der Waals surface area contributed by atoms with E-state index in [0.29, 0.717) is 17.0 Å². The molecule has 0 radical (unpaired) electrons. The Balaban J connectivity index is 1.40. The van der Waals surface area contributed by atoms with Crippen molar-refractivity contribution in [2.45, 2.75) is 0 Å². The Kier molecular flexibility index (Phi) is 8.71. The fourth-order valence-electron chi connectivity index (χ4n) is 3.44. The quantitative estimate of drug-likeness (QED) is 0.341. The summed E-state index contributed by atoms with van der Waals surface area (Å²) in [6, 6.07) is 21.3. The Labute approximate surface area is 223 Å². The summed E-state index contributed by atoms with van der Waals surface area (Å²) in [7, 11) is 1.44. The van der Waals surface area contributed by atoms with Gasteiger partial charge in [-0.15, -0.1) is 0 Å². The minimum atomic E-state index is -0.417. The lowest BCUT2D eigenvalue weighted by Crippen LogP contribution is -2.32. The van der Waals surface area contributed by atoms with E-state index in [4.69, 9.17) is 25.8 Å². The van der Waals surface area contributed by atoms with Crippen molar-refractivity contribution >= 4 is 52.2 Å². The van der Waals surface area contributed by atoms with Crippen LogP contribution in [-0.4, -0.2) is 48.8 Å². The van der Waals surface area contributed by atoms with E-state index in [1.54, 1.807) is 42.5 Å². The molecule has 1 heterocycles. The molecule has 0 atom stereocenters. The van der Waals surface area contributed by atoms with Gasteiger partial charge in [-0.25, -0.2) is 0 Å². The van der Waals surface area contributed by atoms with Gasteiger partial charge < -0.3 is 19.5 Å². The smallest absolute Gasteiger partial charge is 0.293 e. The zero-order valence-corrected chi connectivity index (χ0v) is 21.4. The van der Waals surface area contributed by atoms with Crippen LogP contribution in [0.15, 0.2) is 77.7 Å². The van der Waals surface area contributed by atoms with Gasteiger partial charge in [-0.3, -0.25) is 19.3 Å². The molecule has 190 valence electrons. The molecule has 3 amide bonds. The van der Waals surface area contributed by atoms with E-state index >= 15 is 0 Å². The SMILES string of the molecule is COc1cc(/C=C2\SC(=O)N(CCOc3ccccc3)C2=O)cc(Cl)c1OCC(=O)Nc1ccccc1. The molecule has 37 heavy (non-hydrogen) atoms. The van der Waals surface area contributed by atoms with Crippen LogP contribution in [0, 0.1) is 0 Å². The highest BCUT2D eigenvalue weighted by molar-refractivity contribution is 8.18. The number of nitrogens with zero attached hydrogens (tertiary/aromatic N) is 1. The number of amides is 3. The molecule has 1 aliphatic rings. The number of para-hydroxylation sites is 2. The summed E-state index contributed by atoms with van der Waals surface area (Å²) in [6.07, 6.45) is 1.56. The van der Waals surface area contributed by atoms with E-state index in [0.717, 1.165) is 16.7 Å². The Hall–Kier alpha value is -3.95. The van der Waals surface area contributed by atoms with E-state index in [2.05, 4.69) is 5.32 Å². The van der Waals surface area contributed by atoms with E-state index in [1.165, 1.54) is 7.11 Å². The number of hydrogen-bond acceptors (Lipinski definition) is 7. The van der Waals surface area contributed by atoms with Crippen LogP contribution < -0.4 is 19.5 Å². The summed E-state index contributed by atoms with van der Waals surface area (Å²) < 4.78 is 16.6. The molecule has 1 aliphatic heterocycles. The topological polar surface area (TPSA) is 94.2 Å². The zero-order valence-electron chi connectivity index (χ0n) is 19.8. The number of carbonyl (C=O) groups excluding carboxylic acids is 3. The summed E-state index contributed by atoms with van der Waals surface area (Å²) in [5, 5.41) is 2.53. The molecule has 10 heteroatoms. The van der Waals surface area contributed by atoms with E-state index in [1.807, 2.05) is 36.4 Å². The second-order valence-corrected chi connectivity index (χ2v) is 9.13. The number of halogens is 1. The number of thioether (sulfide) groups is 1. The minimum Gasteiger partial charge on any atom is -0.493 e. The van der Waals surface area contributed by atoms with Gasteiger partial charge in [0.05, 0.1) is 23.6 Å². The zero-order chi connectivity index (χ0) is 26.2. The van der Waals surface area contributed by atoms with Crippen molar-refractivity contribution in [1.82, 2.24) is 4.90 Å². The van der Waals surface area contributed by atoms with Gasteiger partial charge in [0.2, 0.25) is 0 Å². The predicted octanol–water partition coefficient (Wildman–Crippen LogP) is 5.48. The highest BCUT2D eigenvalue weighted by Crippen LogP contribution is 2.39. The molecular formula is C27H23ClN2O6S. The van der Waals surface area contributed by atoms with Crippen LogP contribution in [0.4, 0.5) is 10.5 Å². The molecule has 1 fully saturated rings. The molecule has 0 aliphatic carbocycles. The highest BCUT2D eigenvalue weighted by atomic mass is 35.5. The van der Waals surface area contributed by atoms with Crippen LogP contribution in [-0.2, 0) is 9.59 Å². The monoisotopic (exact) mass is 538 g/mol. The number of ether oxygens (including phenoxy) is 3. The third kappa shape index (κ3) is 6.84. The third-order valence-corrected chi connectivity index (χ3v) is 6.34. The van der Waals surface area contributed by atoms with Gasteiger partial charge in [0.25, 0.3) is 17.1 Å². The minimum absolute atomic E-state index is 0.124. The number of hydrogen-bond donors (Lipinski definition) is 1. The van der Waals surface area contributed by atoms with Crippen molar-refractivity contribution in [2.75, 3.05) is 32.2 Å². The Morgan fingerprint density at radius 1 is 1.03 bits per heavy atom. The van der Waals surface area contributed by atoms with Crippen molar-refractivity contribution < 1.29 is 28.6 Å². The first-order valence-electron chi connectivity index (χ1n) is 11.2. The maximum atomic E-state index is 12.8. The maximum absolute atomic E-state index is 12.8. The van der Waals surface area contributed by atoms with Crippen LogP contribution in [0.5, 0.6) is 17.2 Å². The largest absolute Gasteiger partial charge is 0.493 e. The van der Waals surface area contributed by atoms with Crippen molar-refractivity contribution in [3.63, 3.8) is 0 Å². The van der Waals surface area contributed by atoms with Crippen LogP contribution in [0.3, 0.4) is 0 Å². The second kappa shape index (κ2) is 12.3. The molecule has 0 bridgehead atoms.